The van der Waals surface area contributed by atoms with E-state index in [4.69, 9.17) is 0 Å². The van der Waals surface area contributed by atoms with Crippen LogP contribution in [0.25, 0.3) is 5.69 Å². The van der Waals surface area contributed by atoms with Gasteiger partial charge in [-0.1, -0.05) is 30.3 Å². The summed E-state index contributed by atoms with van der Waals surface area (Å²) in [4.78, 5) is 40.0. The van der Waals surface area contributed by atoms with Crippen molar-refractivity contribution in [2.24, 2.45) is 0 Å². The van der Waals surface area contributed by atoms with Crippen LogP contribution in [0.2, 0.25) is 0 Å². The Balaban J connectivity index is 1.32. The third-order valence-corrected chi connectivity index (χ3v) is 6.32. The Labute approximate surface area is 213 Å². The zero-order chi connectivity index (χ0) is 25.9. The molecule has 1 aliphatic rings. The number of aromatic nitrogens is 1. The third kappa shape index (κ3) is 5.28. The van der Waals surface area contributed by atoms with Gasteiger partial charge in [0.1, 0.15) is 5.82 Å². The number of carbonyl (C=O) groups is 2. The number of pyridine rings is 1. The molecule has 0 atom stereocenters. The Hall–Kier alpha value is -4.72. The maximum absolute atomic E-state index is 13.7. The van der Waals surface area contributed by atoms with Crippen LogP contribution in [-0.2, 0) is 13.0 Å². The van der Waals surface area contributed by atoms with Crippen LogP contribution in [-0.4, -0.2) is 28.0 Å². The number of rotatable bonds is 4. The van der Waals surface area contributed by atoms with Crippen molar-refractivity contribution >= 4 is 23.3 Å². The summed E-state index contributed by atoms with van der Waals surface area (Å²) in [6.07, 6.45) is 2.01. The topological polar surface area (TPSA) is 83.4 Å². The van der Waals surface area contributed by atoms with Gasteiger partial charge in [-0.25, -0.2) is 9.18 Å². The summed E-state index contributed by atoms with van der Waals surface area (Å²) >= 11 is 0. The number of hydrogen-bond acceptors (Lipinski definition) is 3. The molecule has 1 aliphatic heterocycles. The Morgan fingerprint density at radius 2 is 1.73 bits per heavy atom. The molecule has 4 aromatic rings. The highest BCUT2D eigenvalue weighted by atomic mass is 19.1. The van der Waals surface area contributed by atoms with Gasteiger partial charge in [0.25, 0.3) is 11.5 Å². The number of urea groups is 1. The first-order chi connectivity index (χ1) is 17.9. The fourth-order valence-electron chi connectivity index (χ4n) is 4.53. The van der Waals surface area contributed by atoms with Gasteiger partial charge >= 0.3 is 6.03 Å². The minimum absolute atomic E-state index is 0.230. The number of benzene rings is 3. The maximum atomic E-state index is 13.7. The highest BCUT2D eigenvalue weighted by Crippen LogP contribution is 2.27. The number of hydrogen-bond donors (Lipinski definition) is 2. The van der Waals surface area contributed by atoms with Crippen LogP contribution in [0.4, 0.5) is 20.6 Å². The van der Waals surface area contributed by atoms with Crippen molar-refractivity contribution in [2.75, 3.05) is 17.2 Å². The molecule has 5 rings (SSSR count). The normalized spacial score (nSPS) is 12.5. The molecule has 2 N–H and O–H groups in total. The monoisotopic (exact) mass is 496 g/mol. The zero-order valence-electron chi connectivity index (χ0n) is 20.2. The van der Waals surface area contributed by atoms with E-state index in [0.717, 1.165) is 16.7 Å². The van der Waals surface area contributed by atoms with Crippen molar-refractivity contribution in [1.29, 1.82) is 0 Å². The van der Waals surface area contributed by atoms with Crippen LogP contribution < -0.4 is 16.2 Å². The van der Waals surface area contributed by atoms with Crippen molar-refractivity contribution < 1.29 is 14.0 Å². The highest BCUT2D eigenvalue weighted by molar-refractivity contribution is 6.00. The van der Waals surface area contributed by atoms with Gasteiger partial charge in [0.05, 0.1) is 11.3 Å². The number of fused-ring (bicyclic) bond motifs is 1. The van der Waals surface area contributed by atoms with Crippen LogP contribution in [0.15, 0.2) is 89.9 Å². The molecule has 186 valence electrons. The molecular formula is C29H25FN4O3. The number of halogens is 1. The van der Waals surface area contributed by atoms with E-state index in [-0.39, 0.29) is 17.5 Å². The van der Waals surface area contributed by atoms with E-state index in [0.29, 0.717) is 42.1 Å². The first-order valence-corrected chi connectivity index (χ1v) is 11.9. The number of nitrogens with zero attached hydrogens (tertiary/aromatic N) is 2. The summed E-state index contributed by atoms with van der Waals surface area (Å²) in [6, 6.07) is 21.3. The summed E-state index contributed by atoms with van der Waals surface area (Å²) < 4.78 is 15.0. The second-order valence-electron chi connectivity index (χ2n) is 8.97. The molecule has 0 saturated heterocycles. The molecule has 7 nitrogen and oxygen atoms in total. The lowest BCUT2D eigenvalue weighted by Crippen LogP contribution is -2.37. The predicted molar refractivity (Wildman–Crippen MR) is 141 cm³/mol. The molecule has 3 amide bonds. The first kappa shape index (κ1) is 24.0. The standard InChI is InChI=1S/C29H25FN4O3/c1-19-5-2-8-23(15-19)31-29(37)32-26-10-3-6-20-17-33(14-13-25(20)26)28(36)21-11-12-27(35)34(18-21)24-9-4-7-22(30)16-24/h2-12,15-16,18H,13-14,17H2,1H3,(H2,31,32,37). The quantitative estimate of drug-likeness (QED) is 0.411. The van der Waals surface area contributed by atoms with Gasteiger partial charge in [-0.15, -0.1) is 0 Å². The predicted octanol–water partition coefficient (Wildman–Crippen LogP) is 5.13. The van der Waals surface area contributed by atoms with Crippen molar-refractivity contribution in [1.82, 2.24) is 9.47 Å². The fraction of sp³-hybridized carbons (Fsp3) is 0.138. The van der Waals surface area contributed by atoms with Gasteiger partial charge in [0.2, 0.25) is 0 Å². The van der Waals surface area contributed by atoms with E-state index in [1.165, 1.54) is 41.1 Å². The van der Waals surface area contributed by atoms with E-state index in [2.05, 4.69) is 10.6 Å². The largest absolute Gasteiger partial charge is 0.334 e. The second-order valence-corrected chi connectivity index (χ2v) is 8.97. The number of carbonyl (C=O) groups excluding carboxylic acids is 2. The minimum atomic E-state index is -0.467. The number of nitrogens with one attached hydrogen (secondary N) is 2. The maximum Gasteiger partial charge on any atom is 0.323 e. The number of aryl methyl sites for hydroxylation is 1. The summed E-state index contributed by atoms with van der Waals surface area (Å²) in [5.74, 6) is -0.697. The Morgan fingerprint density at radius 1 is 0.919 bits per heavy atom. The summed E-state index contributed by atoms with van der Waals surface area (Å²) in [5.41, 5.74) is 4.70. The molecule has 0 unspecified atom stereocenters. The summed E-state index contributed by atoms with van der Waals surface area (Å²) in [5, 5.41) is 5.78. The van der Waals surface area contributed by atoms with E-state index in [9.17, 15) is 18.8 Å². The van der Waals surface area contributed by atoms with Crippen molar-refractivity contribution in [3.05, 3.63) is 123 Å². The summed E-state index contributed by atoms with van der Waals surface area (Å²) in [6.45, 7) is 2.77. The van der Waals surface area contributed by atoms with E-state index in [1.54, 1.807) is 11.0 Å². The van der Waals surface area contributed by atoms with Crippen LogP contribution in [0.3, 0.4) is 0 Å². The van der Waals surface area contributed by atoms with Gasteiger partial charge in [0, 0.05) is 36.7 Å². The van der Waals surface area contributed by atoms with Crippen LogP contribution in [0.5, 0.6) is 0 Å². The molecule has 37 heavy (non-hydrogen) atoms. The smallest absolute Gasteiger partial charge is 0.323 e. The molecule has 2 heterocycles. The SMILES string of the molecule is Cc1cccc(NC(=O)Nc2cccc3c2CCN(C(=O)c2ccc(=O)n(-c4cccc(F)c4)c2)C3)c1. The molecular weight excluding hydrogens is 471 g/mol. The lowest BCUT2D eigenvalue weighted by atomic mass is 9.97. The average molecular weight is 497 g/mol. The molecule has 0 fully saturated rings. The fourth-order valence-corrected chi connectivity index (χ4v) is 4.53. The Morgan fingerprint density at radius 3 is 2.54 bits per heavy atom. The van der Waals surface area contributed by atoms with Gasteiger partial charge in [-0.05, 0) is 72.5 Å². The molecule has 0 radical (unpaired) electrons. The van der Waals surface area contributed by atoms with E-state index >= 15 is 0 Å². The van der Waals surface area contributed by atoms with Crippen LogP contribution in [0, 0.1) is 12.7 Å². The van der Waals surface area contributed by atoms with Crippen molar-refractivity contribution in [3.63, 3.8) is 0 Å². The molecule has 1 aromatic heterocycles. The van der Waals surface area contributed by atoms with Gasteiger partial charge < -0.3 is 15.5 Å². The minimum Gasteiger partial charge on any atom is -0.334 e. The molecule has 0 aliphatic carbocycles. The van der Waals surface area contributed by atoms with Crippen molar-refractivity contribution in [2.45, 2.75) is 19.9 Å². The molecule has 8 heteroatoms. The zero-order valence-corrected chi connectivity index (χ0v) is 20.2. The van der Waals surface area contributed by atoms with Crippen molar-refractivity contribution in [3.8, 4) is 5.69 Å². The van der Waals surface area contributed by atoms with Gasteiger partial charge in [0.15, 0.2) is 0 Å². The van der Waals surface area contributed by atoms with Crippen LogP contribution >= 0.6 is 0 Å². The first-order valence-electron chi connectivity index (χ1n) is 11.9. The Bertz CT molecular complexity index is 1560. The van der Waals surface area contributed by atoms with Gasteiger partial charge in [-0.2, -0.15) is 0 Å². The molecule has 0 bridgehead atoms. The lowest BCUT2D eigenvalue weighted by molar-refractivity contribution is 0.0734. The average Bonchev–Trinajstić information content (AvgIpc) is 2.88. The molecule has 0 saturated carbocycles. The third-order valence-electron chi connectivity index (χ3n) is 6.32. The lowest BCUT2D eigenvalue weighted by Gasteiger charge is -2.30. The highest BCUT2D eigenvalue weighted by Gasteiger charge is 2.24. The van der Waals surface area contributed by atoms with Crippen LogP contribution in [0.1, 0.15) is 27.0 Å². The molecule has 0 spiro atoms. The number of anilines is 2. The number of amides is 3. The van der Waals surface area contributed by atoms with E-state index in [1.807, 2.05) is 49.4 Å². The summed E-state index contributed by atoms with van der Waals surface area (Å²) in [7, 11) is 0. The second kappa shape index (κ2) is 10.1. The Kier molecular flexibility index (Phi) is 6.55. The van der Waals surface area contributed by atoms with E-state index < -0.39 is 5.82 Å². The van der Waals surface area contributed by atoms with Gasteiger partial charge in [-0.3, -0.25) is 14.2 Å². The molecule has 3 aromatic carbocycles.